The number of allylic oxidation sites excluding steroid dienone is 1. The molecule has 3 aromatic carbocycles. The van der Waals surface area contributed by atoms with E-state index in [-0.39, 0.29) is 11.6 Å². The summed E-state index contributed by atoms with van der Waals surface area (Å²) in [4.78, 5) is 26.0. The van der Waals surface area contributed by atoms with Gasteiger partial charge in [0.2, 0.25) is 0 Å². The number of rotatable bonds is 7. The Bertz CT molecular complexity index is 872. The van der Waals surface area contributed by atoms with Crippen molar-refractivity contribution < 1.29 is 9.59 Å². The van der Waals surface area contributed by atoms with Crippen molar-refractivity contribution in [2.24, 2.45) is 5.92 Å². The Hall–Kier alpha value is -3.26. The molecule has 0 fully saturated rings. The van der Waals surface area contributed by atoms with E-state index in [1.165, 1.54) is 5.56 Å². The van der Waals surface area contributed by atoms with Gasteiger partial charge in [0.25, 0.3) is 0 Å². The third kappa shape index (κ3) is 4.89. The Kier molecular flexibility index (Phi) is 6.11. The lowest BCUT2D eigenvalue weighted by molar-refractivity contribution is 0.0809. The first-order chi connectivity index (χ1) is 13.1. The van der Waals surface area contributed by atoms with Crippen LogP contribution in [0.5, 0.6) is 0 Å². The van der Waals surface area contributed by atoms with Gasteiger partial charge in [-0.2, -0.15) is 0 Å². The molecular weight excluding hydrogens is 332 g/mol. The van der Waals surface area contributed by atoms with Crippen LogP contribution in [-0.4, -0.2) is 11.6 Å². The molecule has 0 aliphatic heterocycles. The molecule has 3 aromatic rings. The lowest BCUT2D eigenvalue weighted by Crippen LogP contribution is -2.24. The van der Waals surface area contributed by atoms with Crippen molar-refractivity contribution in [3.05, 3.63) is 113 Å². The second-order valence-electron chi connectivity index (χ2n) is 6.56. The van der Waals surface area contributed by atoms with Gasteiger partial charge in [0, 0.05) is 11.1 Å². The Balaban J connectivity index is 1.84. The minimum atomic E-state index is -0.725. The van der Waals surface area contributed by atoms with Gasteiger partial charge in [-0.3, -0.25) is 9.59 Å². The van der Waals surface area contributed by atoms with Crippen LogP contribution in [0.2, 0.25) is 0 Å². The molecule has 2 heteroatoms. The highest BCUT2D eigenvalue weighted by molar-refractivity contribution is 6.16. The van der Waals surface area contributed by atoms with Gasteiger partial charge in [-0.15, -0.1) is 0 Å². The molecule has 27 heavy (non-hydrogen) atoms. The number of carbonyl (C=O) groups is 2. The highest BCUT2D eigenvalue weighted by Gasteiger charge is 2.27. The Morgan fingerprint density at radius 2 is 1.22 bits per heavy atom. The van der Waals surface area contributed by atoms with Crippen LogP contribution in [0.4, 0.5) is 0 Å². The third-order valence-corrected chi connectivity index (χ3v) is 4.51. The molecule has 0 radical (unpaired) electrons. The molecule has 0 heterocycles. The zero-order valence-electron chi connectivity index (χ0n) is 15.3. The normalized spacial score (nSPS) is 11.0. The zero-order valence-corrected chi connectivity index (χ0v) is 15.3. The molecule has 0 aliphatic rings. The number of carbonyl (C=O) groups excluding carboxylic acids is 2. The summed E-state index contributed by atoms with van der Waals surface area (Å²) in [6, 6.07) is 26.2. The maximum Gasteiger partial charge on any atom is 0.174 e. The first-order valence-electron chi connectivity index (χ1n) is 9.07. The van der Waals surface area contributed by atoms with Crippen molar-refractivity contribution in [3.8, 4) is 0 Å². The molecule has 0 spiro atoms. The summed E-state index contributed by atoms with van der Waals surface area (Å²) in [5.74, 6) is -1.01. The summed E-state index contributed by atoms with van der Waals surface area (Å²) in [7, 11) is 0. The van der Waals surface area contributed by atoms with Crippen molar-refractivity contribution in [2.45, 2.75) is 13.3 Å². The molecule has 0 atom stereocenters. The second-order valence-corrected chi connectivity index (χ2v) is 6.56. The summed E-state index contributed by atoms with van der Waals surface area (Å²) in [5.41, 5.74) is 3.38. The van der Waals surface area contributed by atoms with E-state index < -0.39 is 5.92 Å². The van der Waals surface area contributed by atoms with Crippen molar-refractivity contribution in [1.29, 1.82) is 0 Å². The maximum absolute atomic E-state index is 13.0. The van der Waals surface area contributed by atoms with Gasteiger partial charge in [-0.25, -0.2) is 0 Å². The molecule has 0 saturated carbocycles. The summed E-state index contributed by atoms with van der Waals surface area (Å²) >= 11 is 0. The first-order valence-corrected chi connectivity index (χ1v) is 9.07. The van der Waals surface area contributed by atoms with Gasteiger partial charge in [-0.1, -0.05) is 103 Å². The quantitative estimate of drug-likeness (QED) is 0.398. The van der Waals surface area contributed by atoms with Gasteiger partial charge in [-0.05, 0) is 18.9 Å². The molecule has 0 amide bonds. The van der Waals surface area contributed by atoms with Crippen molar-refractivity contribution in [1.82, 2.24) is 0 Å². The largest absolute Gasteiger partial charge is 0.293 e. The number of hydrogen-bond acceptors (Lipinski definition) is 2. The van der Waals surface area contributed by atoms with Gasteiger partial charge in [0.05, 0.1) is 5.92 Å². The lowest BCUT2D eigenvalue weighted by Gasteiger charge is -2.13. The predicted octanol–water partition coefficient (Wildman–Crippen LogP) is 5.78. The summed E-state index contributed by atoms with van der Waals surface area (Å²) in [6.45, 7) is 2.04. The fraction of sp³-hybridized carbons (Fsp3) is 0.120. The molecule has 3 rings (SSSR count). The standard InChI is InChI=1S/C25H22O2/c1-19-15-17-20(18-16-19)9-8-14-23(24(26)21-10-4-2-5-11-21)25(27)22-12-6-3-7-13-22/h2-13,15-18,23H,14H2,1H3. The van der Waals surface area contributed by atoms with E-state index in [1.54, 1.807) is 24.3 Å². The van der Waals surface area contributed by atoms with Crippen LogP contribution < -0.4 is 0 Å². The number of aryl methyl sites for hydroxylation is 1. The van der Waals surface area contributed by atoms with Gasteiger partial charge in [0.1, 0.15) is 0 Å². The summed E-state index contributed by atoms with van der Waals surface area (Å²) in [5, 5.41) is 0. The first kappa shape index (κ1) is 18.5. The maximum atomic E-state index is 13.0. The van der Waals surface area contributed by atoms with Crippen LogP contribution in [0.1, 0.15) is 38.3 Å². The molecule has 0 N–H and O–H groups in total. The topological polar surface area (TPSA) is 34.1 Å². The number of Topliss-reactive ketones (excluding diaryl/α,β-unsaturated/α-hetero) is 2. The predicted molar refractivity (Wildman–Crippen MR) is 110 cm³/mol. The molecule has 2 nitrogen and oxygen atoms in total. The van der Waals surface area contributed by atoms with E-state index in [9.17, 15) is 9.59 Å². The number of ketones is 2. The van der Waals surface area contributed by atoms with E-state index in [1.807, 2.05) is 79.7 Å². The lowest BCUT2D eigenvalue weighted by atomic mass is 9.87. The number of hydrogen-bond donors (Lipinski definition) is 0. The van der Waals surface area contributed by atoms with Crippen LogP contribution in [0.15, 0.2) is 91.0 Å². The molecule has 0 aromatic heterocycles. The average Bonchev–Trinajstić information content (AvgIpc) is 2.73. The van der Waals surface area contributed by atoms with Crippen LogP contribution in [0, 0.1) is 12.8 Å². The minimum absolute atomic E-state index is 0.141. The summed E-state index contributed by atoms with van der Waals surface area (Å²) in [6.07, 6.45) is 4.25. The Morgan fingerprint density at radius 3 is 1.70 bits per heavy atom. The van der Waals surface area contributed by atoms with Gasteiger partial charge >= 0.3 is 0 Å². The van der Waals surface area contributed by atoms with Gasteiger partial charge in [0.15, 0.2) is 11.6 Å². The van der Waals surface area contributed by atoms with Crippen molar-refractivity contribution in [2.75, 3.05) is 0 Å². The number of benzene rings is 3. The molecule has 0 bridgehead atoms. The zero-order chi connectivity index (χ0) is 19.1. The summed E-state index contributed by atoms with van der Waals surface area (Å²) < 4.78 is 0. The average molecular weight is 354 g/mol. The Labute approximate surface area is 160 Å². The highest BCUT2D eigenvalue weighted by Crippen LogP contribution is 2.20. The smallest absolute Gasteiger partial charge is 0.174 e. The van der Waals surface area contributed by atoms with Crippen LogP contribution in [-0.2, 0) is 0 Å². The van der Waals surface area contributed by atoms with Crippen LogP contribution in [0.25, 0.3) is 6.08 Å². The SMILES string of the molecule is Cc1ccc(C=CCC(C(=O)c2ccccc2)C(=O)c2ccccc2)cc1. The minimum Gasteiger partial charge on any atom is -0.293 e. The Morgan fingerprint density at radius 1 is 0.741 bits per heavy atom. The monoisotopic (exact) mass is 354 g/mol. The fourth-order valence-electron chi connectivity index (χ4n) is 2.96. The van der Waals surface area contributed by atoms with Crippen LogP contribution in [0.3, 0.4) is 0 Å². The molecular formula is C25H22O2. The van der Waals surface area contributed by atoms with Crippen molar-refractivity contribution in [3.63, 3.8) is 0 Å². The third-order valence-electron chi connectivity index (χ3n) is 4.51. The molecule has 134 valence electrons. The van der Waals surface area contributed by atoms with E-state index >= 15 is 0 Å². The van der Waals surface area contributed by atoms with E-state index in [0.717, 1.165) is 5.56 Å². The van der Waals surface area contributed by atoms with E-state index in [0.29, 0.717) is 17.5 Å². The second kappa shape index (κ2) is 8.91. The van der Waals surface area contributed by atoms with E-state index in [4.69, 9.17) is 0 Å². The fourth-order valence-corrected chi connectivity index (χ4v) is 2.96. The highest BCUT2D eigenvalue weighted by atomic mass is 16.1. The van der Waals surface area contributed by atoms with Crippen LogP contribution >= 0.6 is 0 Å². The molecule has 0 unspecified atom stereocenters. The van der Waals surface area contributed by atoms with Gasteiger partial charge < -0.3 is 0 Å². The molecule has 0 aliphatic carbocycles. The molecule has 0 saturated heterocycles. The van der Waals surface area contributed by atoms with Crippen molar-refractivity contribution >= 4 is 17.6 Å². The van der Waals surface area contributed by atoms with E-state index in [2.05, 4.69) is 0 Å².